The molecule has 0 bridgehead atoms. The molecule has 7 heteroatoms. The number of anilines is 2. The highest BCUT2D eigenvalue weighted by Gasteiger charge is 2.10. The lowest BCUT2D eigenvalue weighted by molar-refractivity contribution is -0.115. The zero-order chi connectivity index (χ0) is 13.8. The van der Waals surface area contributed by atoms with Crippen molar-refractivity contribution in [2.45, 2.75) is 26.7 Å². The molecule has 0 atom stereocenters. The quantitative estimate of drug-likeness (QED) is 0.909. The van der Waals surface area contributed by atoms with Crippen LogP contribution in [0.5, 0.6) is 0 Å². The Morgan fingerprint density at radius 1 is 1.45 bits per heavy atom. The fraction of sp³-hybridized carbons (Fsp3) is 0.308. The van der Waals surface area contributed by atoms with Crippen LogP contribution in [-0.2, 0) is 17.6 Å². The van der Waals surface area contributed by atoms with Gasteiger partial charge in [-0.15, -0.1) is 23.7 Å². The number of nitrogens with two attached hydrogens (primary N) is 1. The summed E-state index contributed by atoms with van der Waals surface area (Å²) in [4.78, 5) is 21.5. The fourth-order valence-corrected chi connectivity index (χ4v) is 2.60. The van der Waals surface area contributed by atoms with Crippen molar-refractivity contribution in [1.82, 2.24) is 9.97 Å². The van der Waals surface area contributed by atoms with Gasteiger partial charge in [-0.05, 0) is 25.5 Å². The molecule has 0 spiro atoms. The predicted octanol–water partition coefficient (Wildman–Crippen LogP) is 2.59. The fourth-order valence-electron chi connectivity index (χ4n) is 1.68. The lowest BCUT2D eigenvalue weighted by atomic mass is 10.2. The first-order valence-electron chi connectivity index (χ1n) is 6.05. The number of nitrogens with one attached hydrogen (secondary N) is 1. The van der Waals surface area contributed by atoms with Gasteiger partial charge in [0.15, 0.2) is 5.13 Å². The Labute approximate surface area is 128 Å². The summed E-state index contributed by atoms with van der Waals surface area (Å²) in [6, 6.07) is 3.48. The van der Waals surface area contributed by atoms with Crippen LogP contribution in [0.4, 0.5) is 10.8 Å². The Morgan fingerprint density at radius 3 is 2.75 bits per heavy atom. The molecule has 2 aromatic rings. The summed E-state index contributed by atoms with van der Waals surface area (Å²) in [5.74, 6) is -0.117. The number of nitrogens with zero attached hydrogens (tertiary/aromatic N) is 2. The number of thiazole rings is 1. The van der Waals surface area contributed by atoms with E-state index in [0.29, 0.717) is 16.5 Å². The third-order valence-corrected chi connectivity index (χ3v) is 3.59. The number of nitrogen functional groups attached to an aromatic ring is 1. The predicted molar refractivity (Wildman–Crippen MR) is 84.5 cm³/mol. The molecule has 0 aliphatic carbocycles. The van der Waals surface area contributed by atoms with E-state index in [1.807, 2.05) is 13.8 Å². The molecule has 1 amide bonds. The van der Waals surface area contributed by atoms with Gasteiger partial charge < -0.3 is 11.1 Å². The van der Waals surface area contributed by atoms with Gasteiger partial charge in [-0.1, -0.05) is 6.92 Å². The summed E-state index contributed by atoms with van der Waals surface area (Å²) in [6.45, 7) is 4.06. The van der Waals surface area contributed by atoms with Crippen LogP contribution in [0.15, 0.2) is 18.3 Å². The maximum absolute atomic E-state index is 11.9. The molecule has 2 rings (SSSR count). The van der Waals surface area contributed by atoms with Crippen LogP contribution < -0.4 is 11.1 Å². The van der Waals surface area contributed by atoms with E-state index in [-0.39, 0.29) is 24.7 Å². The normalized spacial score (nSPS) is 9.90. The van der Waals surface area contributed by atoms with Gasteiger partial charge in [0.1, 0.15) is 0 Å². The topological polar surface area (TPSA) is 80.9 Å². The molecule has 0 aliphatic heterocycles. The van der Waals surface area contributed by atoms with Crippen LogP contribution in [0.1, 0.15) is 23.2 Å². The van der Waals surface area contributed by atoms with Gasteiger partial charge in [0.25, 0.3) is 0 Å². The number of halogens is 1. The molecule has 0 fully saturated rings. The highest BCUT2D eigenvalue weighted by atomic mass is 35.5. The van der Waals surface area contributed by atoms with Crippen molar-refractivity contribution in [1.29, 1.82) is 0 Å². The smallest absolute Gasteiger partial charge is 0.232 e. The first kappa shape index (κ1) is 16.4. The van der Waals surface area contributed by atoms with Gasteiger partial charge in [0.05, 0.1) is 24.0 Å². The van der Waals surface area contributed by atoms with E-state index >= 15 is 0 Å². The Hall–Kier alpha value is -1.66. The van der Waals surface area contributed by atoms with E-state index < -0.39 is 0 Å². The van der Waals surface area contributed by atoms with Crippen LogP contribution in [0.2, 0.25) is 0 Å². The van der Waals surface area contributed by atoms with E-state index in [1.165, 1.54) is 11.3 Å². The zero-order valence-electron chi connectivity index (χ0n) is 11.3. The number of hydrogen-bond donors (Lipinski definition) is 2. The summed E-state index contributed by atoms with van der Waals surface area (Å²) in [5, 5.41) is 3.45. The molecule has 20 heavy (non-hydrogen) atoms. The molecule has 0 aliphatic rings. The van der Waals surface area contributed by atoms with Gasteiger partial charge in [0, 0.05) is 10.6 Å². The summed E-state index contributed by atoms with van der Waals surface area (Å²) in [7, 11) is 0. The van der Waals surface area contributed by atoms with Crippen LogP contribution in [-0.4, -0.2) is 15.9 Å². The molecule has 0 aromatic carbocycles. The van der Waals surface area contributed by atoms with Crippen molar-refractivity contribution in [3.8, 4) is 0 Å². The molecule has 0 saturated heterocycles. The number of aromatic nitrogens is 2. The SMILES string of the molecule is CCc1nc(NC(=O)Cc2ccc(N)cn2)sc1C.Cl. The van der Waals surface area contributed by atoms with E-state index in [9.17, 15) is 4.79 Å². The molecule has 2 aromatic heterocycles. The molecule has 3 N–H and O–H groups in total. The van der Waals surface area contributed by atoms with Crippen LogP contribution in [0.3, 0.4) is 0 Å². The van der Waals surface area contributed by atoms with Crippen molar-refractivity contribution in [2.24, 2.45) is 0 Å². The van der Waals surface area contributed by atoms with Gasteiger partial charge in [-0.25, -0.2) is 4.98 Å². The lowest BCUT2D eigenvalue weighted by Crippen LogP contribution is -2.15. The van der Waals surface area contributed by atoms with E-state index in [1.54, 1.807) is 18.3 Å². The van der Waals surface area contributed by atoms with Crippen molar-refractivity contribution >= 4 is 40.5 Å². The molecular weight excluding hydrogens is 296 g/mol. The highest BCUT2D eigenvalue weighted by Crippen LogP contribution is 2.22. The summed E-state index contributed by atoms with van der Waals surface area (Å²) in [5.41, 5.74) is 7.86. The van der Waals surface area contributed by atoms with Gasteiger partial charge >= 0.3 is 0 Å². The highest BCUT2D eigenvalue weighted by molar-refractivity contribution is 7.15. The minimum absolute atomic E-state index is 0. The molecule has 0 saturated carbocycles. The standard InChI is InChI=1S/C13H16N4OS.ClH/c1-3-11-8(2)19-13(16-11)17-12(18)6-10-5-4-9(14)7-15-10;/h4-5,7H,3,6,14H2,1-2H3,(H,16,17,18);1H. The van der Waals surface area contributed by atoms with E-state index in [2.05, 4.69) is 15.3 Å². The second-order valence-corrected chi connectivity index (χ2v) is 5.39. The van der Waals surface area contributed by atoms with Crippen LogP contribution in [0, 0.1) is 6.92 Å². The Balaban J connectivity index is 0.00000200. The van der Waals surface area contributed by atoms with Crippen molar-refractivity contribution in [3.05, 3.63) is 34.6 Å². The minimum atomic E-state index is -0.117. The summed E-state index contributed by atoms with van der Waals surface area (Å²) < 4.78 is 0. The summed E-state index contributed by atoms with van der Waals surface area (Å²) in [6.07, 6.45) is 2.64. The third kappa shape index (κ3) is 4.18. The average molecular weight is 313 g/mol. The summed E-state index contributed by atoms with van der Waals surface area (Å²) >= 11 is 1.50. The van der Waals surface area contributed by atoms with E-state index in [4.69, 9.17) is 5.73 Å². The number of pyridine rings is 1. The third-order valence-electron chi connectivity index (χ3n) is 2.66. The Kier molecular flexibility index (Phi) is 5.91. The largest absolute Gasteiger partial charge is 0.397 e. The maximum atomic E-state index is 11.9. The number of rotatable bonds is 4. The molecule has 0 radical (unpaired) electrons. The van der Waals surface area contributed by atoms with Crippen molar-refractivity contribution < 1.29 is 4.79 Å². The second-order valence-electron chi connectivity index (χ2n) is 4.18. The molecule has 5 nitrogen and oxygen atoms in total. The van der Waals surface area contributed by atoms with Crippen molar-refractivity contribution in [3.63, 3.8) is 0 Å². The number of aryl methyl sites for hydroxylation is 2. The second kappa shape index (κ2) is 7.21. The molecular formula is C13H17ClN4OS. The zero-order valence-corrected chi connectivity index (χ0v) is 13.0. The molecule has 0 unspecified atom stereocenters. The van der Waals surface area contributed by atoms with Gasteiger partial charge in [0.2, 0.25) is 5.91 Å². The Morgan fingerprint density at radius 2 is 2.20 bits per heavy atom. The first-order valence-corrected chi connectivity index (χ1v) is 6.86. The van der Waals surface area contributed by atoms with Gasteiger partial charge in [-0.3, -0.25) is 9.78 Å². The van der Waals surface area contributed by atoms with E-state index in [0.717, 1.165) is 17.0 Å². The minimum Gasteiger partial charge on any atom is -0.397 e. The first-order chi connectivity index (χ1) is 9.08. The molecule has 2 heterocycles. The van der Waals surface area contributed by atoms with Gasteiger partial charge in [-0.2, -0.15) is 0 Å². The van der Waals surface area contributed by atoms with Crippen LogP contribution in [0.25, 0.3) is 0 Å². The van der Waals surface area contributed by atoms with Crippen molar-refractivity contribution in [2.75, 3.05) is 11.1 Å². The lowest BCUT2D eigenvalue weighted by Gasteiger charge is -2.01. The molecule has 108 valence electrons. The maximum Gasteiger partial charge on any atom is 0.232 e. The average Bonchev–Trinajstić information content (AvgIpc) is 2.72. The van der Waals surface area contributed by atoms with Crippen LogP contribution >= 0.6 is 23.7 Å². The number of carbonyl (C=O) groups excluding carboxylic acids is 1. The number of carbonyl (C=O) groups is 1. The number of hydrogen-bond acceptors (Lipinski definition) is 5. The monoisotopic (exact) mass is 312 g/mol. The Bertz CT molecular complexity index is 583. The number of amides is 1.